The molecule has 0 unspecified atom stereocenters. The van der Waals surface area contributed by atoms with Crippen molar-refractivity contribution < 1.29 is 0 Å². The molecule has 0 atom stereocenters. The second-order valence-corrected chi connectivity index (χ2v) is 25.0. The smallest absolute Gasteiger partial charge is 0.164 e. The fraction of sp³-hybridized carbons (Fsp3) is 0. The monoisotopic (exact) mass is 1120 g/mol. The molecule has 6 nitrogen and oxygen atoms in total. The Morgan fingerprint density at radius 3 is 0.774 bits per heavy atom. The molecule has 0 aliphatic rings. The molecular weight excluding hydrogens is 1080 g/mol. The van der Waals surface area contributed by atoms with E-state index in [9.17, 15) is 0 Å². The Hall–Kier alpha value is -10.3. The minimum Gasteiger partial charge on any atom is -0.309 e. The fourth-order valence-corrected chi connectivity index (χ4v) is 17.4. The number of thiophene rings is 3. The number of fused-ring (bicyclic) bond motifs is 21. The molecule has 9 heteroatoms. The first kappa shape index (κ1) is 46.3. The predicted octanol–water partition coefficient (Wildman–Crippen LogP) is 21.3. The molecular formula is C75H42N6S3. The highest BCUT2D eigenvalue weighted by Gasteiger charge is 2.22. The van der Waals surface area contributed by atoms with E-state index in [4.69, 9.17) is 15.0 Å². The standard InChI is InChI=1S/C75H42N6S3/c1-7-19-58-55(16-1)67-61(40-37-52-49-13-4-10-22-64(49)82-70(52)67)79(58)46-31-25-43(26-32-46)73-76-74(44-27-33-47(34-28-44)80-59-20-8-2-17-56(59)68-62(80)41-38-53-50-14-5-11-23-65(50)83-71(53)68)78-75(77-73)45-29-35-48(36-30-45)81-60-21-9-3-18-57(60)69-63(81)42-39-54-51-15-6-12-24-66(51)84-72(54)69/h1-42H. The largest absolute Gasteiger partial charge is 0.309 e. The van der Waals surface area contributed by atoms with Gasteiger partial charge in [0.15, 0.2) is 17.5 Å². The molecule has 7 aromatic heterocycles. The van der Waals surface area contributed by atoms with E-state index in [1.807, 2.05) is 34.0 Å². The lowest BCUT2D eigenvalue weighted by molar-refractivity contribution is 1.07. The van der Waals surface area contributed by atoms with E-state index in [0.717, 1.165) is 33.8 Å². The zero-order chi connectivity index (χ0) is 54.7. The highest BCUT2D eigenvalue weighted by molar-refractivity contribution is 7.27. The average Bonchev–Trinajstić information content (AvgIpc) is 3.27. The predicted molar refractivity (Wildman–Crippen MR) is 358 cm³/mol. The lowest BCUT2D eigenvalue weighted by Crippen LogP contribution is -2.01. The first-order valence-corrected chi connectivity index (χ1v) is 30.7. The third-order valence-corrected chi connectivity index (χ3v) is 20.9. The van der Waals surface area contributed by atoms with Gasteiger partial charge in [-0.2, -0.15) is 0 Å². The van der Waals surface area contributed by atoms with Crippen LogP contribution in [0.2, 0.25) is 0 Å². The fourth-order valence-electron chi connectivity index (χ4n) is 13.6. The summed E-state index contributed by atoms with van der Waals surface area (Å²) in [5, 5.41) is 15.4. The maximum Gasteiger partial charge on any atom is 0.164 e. The van der Waals surface area contributed by atoms with Gasteiger partial charge in [0.1, 0.15) is 0 Å². The molecule has 12 aromatic carbocycles. The van der Waals surface area contributed by atoms with Gasteiger partial charge in [-0.15, -0.1) is 34.0 Å². The highest BCUT2D eigenvalue weighted by Crippen LogP contribution is 2.47. The van der Waals surface area contributed by atoms with Crippen LogP contribution in [0.5, 0.6) is 0 Å². The Labute approximate surface area is 491 Å². The van der Waals surface area contributed by atoms with Crippen LogP contribution in [-0.2, 0) is 0 Å². The van der Waals surface area contributed by atoms with Crippen LogP contribution in [0.3, 0.4) is 0 Å². The first-order chi connectivity index (χ1) is 41.6. The number of nitrogens with zero attached hydrogens (tertiary/aromatic N) is 6. The quantitative estimate of drug-likeness (QED) is 0.167. The molecule has 0 saturated heterocycles. The summed E-state index contributed by atoms with van der Waals surface area (Å²) in [6.07, 6.45) is 0. The topological polar surface area (TPSA) is 53.5 Å². The van der Waals surface area contributed by atoms with E-state index in [0.29, 0.717) is 17.5 Å². The lowest BCUT2D eigenvalue weighted by Gasteiger charge is -2.12. The molecule has 19 rings (SSSR count). The van der Waals surface area contributed by atoms with Gasteiger partial charge in [0.25, 0.3) is 0 Å². The molecule has 0 aliphatic carbocycles. The summed E-state index contributed by atoms with van der Waals surface area (Å²) in [6, 6.07) is 92.6. The van der Waals surface area contributed by atoms with Crippen molar-refractivity contribution in [1.29, 1.82) is 0 Å². The van der Waals surface area contributed by atoms with E-state index in [2.05, 4.69) is 268 Å². The number of aromatic nitrogens is 6. The Bertz CT molecular complexity index is 5380. The number of hydrogen-bond acceptors (Lipinski definition) is 6. The van der Waals surface area contributed by atoms with Gasteiger partial charge in [-0.25, -0.2) is 15.0 Å². The summed E-state index contributed by atoms with van der Waals surface area (Å²) in [4.78, 5) is 16.0. The van der Waals surface area contributed by atoms with Gasteiger partial charge in [-0.1, -0.05) is 127 Å². The molecule has 0 amide bonds. The van der Waals surface area contributed by atoms with Gasteiger partial charge in [0.2, 0.25) is 0 Å². The minimum atomic E-state index is 0.605. The Balaban J connectivity index is 0.751. The van der Waals surface area contributed by atoms with Crippen LogP contribution in [0, 0.1) is 0 Å². The number of benzene rings is 12. The lowest BCUT2D eigenvalue weighted by atomic mass is 10.1. The summed E-state index contributed by atoms with van der Waals surface area (Å²) >= 11 is 5.63. The first-order valence-electron chi connectivity index (χ1n) is 28.2. The summed E-state index contributed by atoms with van der Waals surface area (Å²) in [7, 11) is 0. The second kappa shape index (κ2) is 17.6. The Kier molecular flexibility index (Phi) is 9.71. The van der Waals surface area contributed by atoms with Crippen molar-refractivity contribution in [3.63, 3.8) is 0 Å². The van der Waals surface area contributed by atoms with E-state index in [-0.39, 0.29) is 0 Å². The van der Waals surface area contributed by atoms with Crippen molar-refractivity contribution in [3.8, 4) is 51.2 Å². The molecule has 0 fully saturated rings. The van der Waals surface area contributed by atoms with Gasteiger partial charge >= 0.3 is 0 Å². The van der Waals surface area contributed by atoms with Crippen molar-refractivity contribution in [2.45, 2.75) is 0 Å². The van der Waals surface area contributed by atoms with Crippen molar-refractivity contribution in [3.05, 3.63) is 255 Å². The van der Waals surface area contributed by atoms with Crippen LogP contribution in [0.25, 0.3) is 177 Å². The molecule has 0 aliphatic heterocycles. The minimum absolute atomic E-state index is 0.605. The zero-order valence-corrected chi connectivity index (χ0v) is 47.1. The van der Waals surface area contributed by atoms with Crippen molar-refractivity contribution in [1.82, 2.24) is 28.7 Å². The van der Waals surface area contributed by atoms with Gasteiger partial charge in [-0.3, -0.25) is 0 Å². The molecule has 0 radical (unpaired) electrons. The average molecular weight is 1120 g/mol. The summed E-state index contributed by atoms with van der Waals surface area (Å²) in [5.41, 5.74) is 13.0. The third-order valence-electron chi connectivity index (χ3n) is 17.3. The Morgan fingerprint density at radius 1 is 0.214 bits per heavy atom. The number of hydrogen-bond donors (Lipinski definition) is 0. The van der Waals surface area contributed by atoms with Gasteiger partial charge < -0.3 is 13.7 Å². The summed E-state index contributed by atoms with van der Waals surface area (Å²) in [5.74, 6) is 1.82. The highest BCUT2D eigenvalue weighted by atomic mass is 32.1. The maximum absolute atomic E-state index is 5.32. The SMILES string of the molecule is c1ccc2c(c1)sc1c2ccc2c1c1ccccc1n2-c1ccc(-c2nc(-c3ccc(-n4c5ccccc5c5c6sc7ccccc7c6ccc54)cc3)nc(-c3ccc(-n4c5ccccc5c5c6sc7ccccc7c6ccc54)cc3)n2)cc1. The molecule has 84 heavy (non-hydrogen) atoms. The normalized spacial score (nSPS) is 12.3. The molecule has 0 N–H and O–H groups in total. The summed E-state index contributed by atoms with van der Waals surface area (Å²) in [6.45, 7) is 0. The molecule has 390 valence electrons. The summed E-state index contributed by atoms with van der Waals surface area (Å²) < 4.78 is 15.1. The van der Waals surface area contributed by atoms with Crippen LogP contribution < -0.4 is 0 Å². The van der Waals surface area contributed by atoms with Crippen molar-refractivity contribution in [2.24, 2.45) is 0 Å². The van der Waals surface area contributed by atoms with Crippen molar-refractivity contribution >= 4 is 160 Å². The van der Waals surface area contributed by atoms with E-state index >= 15 is 0 Å². The van der Waals surface area contributed by atoms with Crippen LogP contribution in [0.1, 0.15) is 0 Å². The van der Waals surface area contributed by atoms with Gasteiger partial charge in [0, 0.05) is 127 Å². The van der Waals surface area contributed by atoms with Crippen LogP contribution >= 0.6 is 34.0 Å². The third kappa shape index (κ3) is 6.62. The second-order valence-electron chi connectivity index (χ2n) is 21.8. The van der Waals surface area contributed by atoms with E-state index in [1.54, 1.807) is 0 Å². The molecule has 0 spiro atoms. The molecule has 7 heterocycles. The van der Waals surface area contributed by atoms with Crippen LogP contribution in [0.15, 0.2) is 255 Å². The van der Waals surface area contributed by atoms with Crippen molar-refractivity contribution in [2.75, 3.05) is 0 Å². The number of para-hydroxylation sites is 3. The molecule has 0 saturated carbocycles. The maximum atomic E-state index is 5.32. The molecule has 19 aromatic rings. The van der Waals surface area contributed by atoms with Gasteiger partial charge in [0.05, 0.1) is 33.1 Å². The van der Waals surface area contributed by atoms with Gasteiger partial charge in [-0.05, 0) is 127 Å². The van der Waals surface area contributed by atoms with Crippen LogP contribution in [0.4, 0.5) is 0 Å². The number of rotatable bonds is 6. The molecule has 0 bridgehead atoms. The Morgan fingerprint density at radius 2 is 0.476 bits per heavy atom. The van der Waals surface area contributed by atoms with E-state index in [1.165, 1.54) is 126 Å². The van der Waals surface area contributed by atoms with Crippen LogP contribution in [-0.4, -0.2) is 28.7 Å². The van der Waals surface area contributed by atoms with E-state index < -0.39 is 0 Å². The zero-order valence-electron chi connectivity index (χ0n) is 44.7.